The maximum atomic E-state index is 12.9. The van der Waals surface area contributed by atoms with Gasteiger partial charge in [-0.05, 0) is 30.5 Å². The van der Waals surface area contributed by atoms with Crippen LogP contribution in [0.3, 0.4) is 0 Å². The highest BCUT2D eigenvalue weighted by molar-refractivity contribution is 7.13. The second-order valence-electron chi connectivity index (χ2n) is 6.41. The second-order valence-corrected chi connectivity index (χ2v) is 7.36. The van der Waals surface area contributed by atoms with Gasteiger partial charge in [0.2, 0.25) is 0 Å². The van der Waals surface area contributed by atoms with Crippen molar-refractivity contribution in [3.05, 3.63) is 59.6 Å². The van der Waals surface area contributed by atoms with E-state index in [-0.39, 0.29) is 12.2 Å². The molecular formula is C20H18N4O4S. The molecule has 0 bridgehead atoms. The third-order valence-electron chi connectivity index (χ3n) is 4.45. The number of carbonyl (C=O) groups excluding carboxylic acids is 3. The molecule has 9 heteroatoms. The molecule has 1 N–H and O–H groups in total. The summed E-state index contributed by atoms with van der Waals surface area (Å²) < 4.78 is 6.88. The molecule has 2 aromatic heterocycles. The number of urea groups is 1. The summed E-state index contributed by atoms with van der Waals surface area (Å²) in [5, 5.41) is 9.03. The number of esters is 1. The number of hydrogen-bond acceptors (Lipinski definition) is 6. The Labute approximate surface area is 170 Å². The summed E-state index contributed by atoms with van der Waals surface area (Å²) in [6.45, 7) is 2.09. The molecule has 1 unspecified atom stereocenters. The molecule has 1 atom stereocenters. The number of amides is 3. The van der Waals surface area contributed by atoms with Crippen molar-refractivity contribution in [2.45, 2.75) is 13.0 Å². The van der Waals surface area contributed by atoms with E-state index in [0.717, 1.165) is 9.78 Å². The highest BCUT2D eigenvalue weighted by Crippen LogP contribution is 2.26. The summed E-state index contributed by atoms with van der Waals surface area (Å²) in [5.74, 6) is -1.25. The molecule has 1 aromatic carbocycles. The number of para-hydroxylation sites is 1. The molecule has 1 saturated heterocycles. The minimum atomic E-state index is -1.10. The lowest BCUT2D eigenvalue weighted by molar-refractivity contribution is -0.136. The molecule has 4 rings (SSSR count). The molecule has 0 spiro atoms. The van der Waals surface area contributed by atoms with Crippen molar-refractivity contribution in [1.29, 1.82) is 0 Å². The lowest BCUT2D eigenvalue weighted by atomic mass is 10.3. The maximum absolute atomic E-state index is 12.9. The number of carbonyl (C=O) groups is 3. The van der Waals surface area contributed by atoms with E-state index in [2.05, 4.69) is 10.4 Å². The SMILES string of the molecule is CC(OC(=O)c1cc(-c2cccs2)nn1-c1ccccc1)C(=O)N1CCNC1=O. The summed E-state index contributed by atoms with van der Waals surface area (Å²) in [7, 11) is 0. The van der Waals surface area contributed by atoms with Crippen LogP contribution in [0.4, 0.5) is 4.79 Å². The standard InChI is InChI=1S/C20H18N4O4S/c1-13(18(25)23-10-9-21-20(23)27)28-19(26)16-12-15(17-8-5-11-29-17)22-24(16)14-6-3-2-4-7-14/h2-8,11-13H,9-10H2,1H3,(H,21,27). The smallest absolute Gasteiger partial charge is 0.357 e. The number of aromatic nitrogens is 2. The van der Waals surface area contributed by atoms with Crippen LogP contribution in [0.15, 0.2) is 53.9 Å². The quantitative estimate of drug-likeness (QED) is 0.653. The van der Waals surface area contributed by atoms with E-state index in [1.165, 1.54) is 22.9 Å². The van der Waals surface area contributed by atoms with Crippen LogP contribution in [0.2, 0.25) is 0 Å². The average molecular weight is 410 g/mol. The van der Waals surface area contributed by atoms with Gasteiger partial charge in [-0.25, -0.2) is 14.3 Å². The maximum Gasteiger partial charge on any atom is 0.357 e. The fourth-order valence-electron chi connectivity index (χ4n) is 3.01. The molecule has 3 heterocycles. The van der Waals surface area contributed by atoms with Crippen LogP contribution in [-0.2, 0) is 9.53 Å². The van der Waals surface area contributed by atoms with Crippen LogP contribution in [0.25, 0.3) is 16.3 Å². The van der Waals surface area contributed by atoms with E-state index in [1.807, 2.05) is 47.8 Å². The third-order valence-corrected chi connectivity index (χ3v) is 5.34. The highest BCUT2D eigenvalue weighted by Gasteiger charge is 2.32. The summed E-state index contributed by atoms with van der Waals surface area (Å²) in [5.41, 5.74) is 1.53. The molecule has 148 valence electrons. The number of nitrogens with one attached hydrogen (secondary N) is 1. The first-order valence-electron chi connectivity index (χ1n) is 9.04. The fraction of sp³-hybridized carbons (Fsp3) is 0.200. The van der Waals surface area contributed by atoms with Crippen LogP contribution >= 0.6 is 11.3 Å². The molecule has 3 amide bonds. The summed E-state index contributed by atoms with van der Waals surface area (Å²) in [4.78, 5) is 39.0. The summed E-state index contributed by atoms with van der Waals surface area (Å²) in [6, 6.07) is 14.2. The van der Waals surface area contributed by atoms with Gasteiger partial charge in [0, 0.05) is 19.2 Å². The molecule has 1 aliphatic rings. The average Bonchev–Trinajstić information content (AvgIpc) is 3.48. The van der Waals surface area contributed by atoms with Crippen molar-refractivity contribution in [2.24, 2.45) is 0 Å². The van der Waals surface area contributed by atoms with Crippen molar-refractivity contribution in [3.63, 3.8) is 0 Å². The Bertz CT molecular complexity index is 1050. The van der Waals surface area contributed by atoms with Gasteiger partial charge >= 0.3 is 12.0 Å². The second kappa shape index (κ2) is 7.88. The van der Waals surface area contributed by atoms with E-state index >= 15 is 0 Å². The zero-order valence-corrected chi connectivity index (χ0v) is 16.4. The molecule has 3 aromatic rings. The normalized spacial score (nSPS) is 14.5. The molecule has 0 radical (unpaired) electrons. The van der Waals surface area contributed by atoms with Crippen molar-refractivity contribution in [1.82, 2.24) is 20.0 Å². The first kappa shape index (κ1) is 18.9. The Balaban J connectivity index is 1.62. The number of rotatable bonds is 5. The third kappa shape index (κ3) is 3.77. The van der Waals surface area contributed by atoms with E-state index in [4.69, 9.17) is 4.74 Å². The predicted molar refractivity (Wildman–Crippen MR) is 107 cm³/mol. The molecular weight excluding hydrogens is 392 g/mol. The minimum Gasteiger partial charge on any atom is -0.448 e. The van der Waals surface area contributed by atoms with Gasteiger partial charge in [0.05, 0.1) is 10.6 Å². The van der Waals surface area contributed by atoms with Gasteiger partial charge in [-0.1, -0.05) is 24.3 Å². The van der Waals surface area contributed by atoms with Gasteiger partial charge in [0.1, 0.15) is 5.69 Å². The number of ether oxygens (including phenoxy) is 1. The number of thiophene rings is 1. The van der Waals surface area contributed by atoms with Crippen LogP contribution in [0.1, 0.15) is 17.4 Å². The van der Waals surface area contributed by atoms with Crippen LogP contribution in [-0.4, -0.2) is 51.8 Å². The Morgan fingerprint density at radius 2 is 2.00 bits per heavy atom. The van der Waals surface area contributed by atoms with E-state index < -0.39 is 24.0 Å². The molecule has 29 heavy (non-hydrogen) atoms. The van der Waals surface area contributed by atoms with Crippen molar-refractivity contribution >= 4 is 29.2 Å². The van der Waals surface area contributed by atoms with Gasteiger partial charge in [0.15, 0.2) is 11.8 Å². The minimum absolute atomic E-state index is 0.199. The topological polar surface area (TPSA) is 93.5 Å². The van der Waals surface area contributed by atoms with Gasteiger partial charge in [0.25, 0.3) is 5.91 Å². The fourth-order valence-corrected chi connectivity index (χ4v) is 3.69. The van der Waals surface area contributed by atoms with Gasteiger partial charge in [-0.15, -0.1) is 11.3 Å². The van der Waals surface area contributed by atoms with Crippen molar-refractivity contribution in [3.8, 4) is 16.3 Å². The van der Waals surface area contributed by atoms with Crippen LogP contribution in [0, 0.1) is 0 Å². The monoisotopic (exact) mass is 410 g/mol. The zero-order valence-electron chi connectivity index (χ0n) is 15.6. The lowest BCUT2D eigenvalue weighted by Crippen LogP contribution is -2.42. The summed E-state index contributed by atoms with van der Waals surface area (Å²) >= 11 is 1.51. The van der Waals surface area contributed by atoms with Crippen molar-refractivity contribution in [2.75, 3.05) is 13.1 Å². The molecule has 1 aliphatic heterocycles. The number of hydrogen-bond donors (Lipinski definition) is 1. The number of benzene rings is 1. The Kier molecular flexibility index (Phi) is 5.13. The number of nitrogens with zero attached hydrogens (tertiary/aromatic N) is 3. The van der Waals surface area contributed by atoms with E-state index in [9.17, 15) is 14.4 Å². The Hall–Kier alpha value is -3.46. The highest BCUT2D eigenvalue weighted by atomic mass is 32.1. The zero-order chi connectivity index (χ0) is 20.4. The van der Waals surface area contributed by atoms with Gasteiger partial charge in [-0.2, -0.15) is 5.10 Å². The Morgan fingerprint density at radius 1 is 1.21 bits per heavy atom. The molecule has 8 nitrogen and oxygen atoms in total. The molecule has 0 aliphatic carbocycles. The Morgan fingerprint density at radius 3 is 2.66 bits per heavy atom. The molecule has 0 saturated carbocycles. The summed E-state index contributed by atoms with van der Waals surface area (Å²) in [6.07, 6.45) is -1.10. The van der Waals surface area contributed by atoms with Gasteiger partial charge in [-0.3, -0.25) is 9.69 Å². The lowest BCUT2D eigenvalue weighted by Gasteiger charge is -2.18. The van der Waals surface area contributed by atoms with E-state index in [0.29, 0.717) is 17.9 Å². The largest absolute Gasteiger partial charge is 0.448 e. The first-order chi connectivity index (χ1) is 14.0. The first-order valence-corrected chi connectivity index (χ1v) is 9.92. The van der Waals surface area contributed by atoms with Gasteiger partial charge < -0.3 is 10.1 Å². The molecule has 1 fully saturated rings. The van der Waals surface area contributed by atoms with Crippen LogP contribution in [0.5, 0.6) is 0 Å². The van der Waals surface area contributed by atoms with Crippen LogP contribution < -0.4 is 5.32 Å². The van der Waals surface area contributed by atoms with Crippen molar-refractivity contribution < 1.29 is 19.1 Å². The van der Waals surface area contributed by atoms with E-state index in [1.54, 1.807) is 6.07 Å². The predicted octanol–water partition coefficient (Wildman–Crippen LogP) is 2.70. The number of imide groups is 1.